The van der Waals surface area contributed by atoms with Crippen LogP contribution in [0.5, 0.6) is 0 Å². The van der Waals surface area contributed by atoms with Gasteiger partial charge >= 0.3 is 0 Å². The number of hydrogen-bond donors (Lipinski definition) is 3. The lowest BCUT2D eigenvalue weighted by molar-refractivity contribution is -0.124. The lowest BCUT2D eigenvalue weighted by Crippen LogP contribution is -2.36. The highest BCUT2D eigenvalue weighted by molar-refractivity contribution is 5.82. The molecule has 8 nitrogen and oxygen atoms in total. The van der Waals surface area contributed by atoms with E-state index in [0.29, 0.717) is 19.5 Å². The zero-order valence-corrected chi connectivity index (χ0v) is 18.4. The summed E-state index contributed by atoms with van der Waals surface area (Å²) in [4.78, 5) is 38.3. The van der Waals surface area contributed by atoms with Crippen molar-refractivity contribution in [2.24, 2.45) is 0 Å². The van der Waals surface area contributed by atoms with Gasteiger partial charge in [-0.2, -0.15) is 0 Å². The molecule has 3 aromatic heterocycles. The standard InChI is InChI=1S/C25H26N6O2/c1-2-17-11-21(24(32)29-14-19-10-18-13-26-9-8-20(18)30-19)31-22(17)15-28-23(25(31)33)27-12-16-6-4-3-5-7-16/h3-10,13,15,17,21,30H,2,11-12,14H2,1H3,(H,27,28)(H,29,32). The lowest BCUT2D eigenvalue weighted by Gasteiger charge is -2.15. The molecule has 0 saturated heterocycles. The summed E-state index contributed by atoms with van der Waals surface area (Å²) >= 11 is 0. The molecule has 0 saturated carbocycles. The fourth-order valence-electron chi connectivity index (χ4n) is 4.53. The molecule has 1 aliphatic heterocycles. The molecule has 1 aromatic carbocycles. The Morgan fingerprint density at radius 2 is 2.03 bits per heavy atom. The van der Waals surface area contributed by atoms with Gasteiger partial charge in [0.1, 0.15) is 6.04 Å². The molecule has 0 spiro atoms. The Hall–Kier alpha value is -3.94. The average Bonchev–Trinajstić information content (AvgIpc) is 3.44. The summed E-state index contributed by atoms with van der Waals surface area (Å²) in [7, 11) is 0. The predicted molar refractivity (Wildman–Crippen MR) is 127 cm³/mol. The van der Waals surface area contributed by atoms with E-state index in [9.17, 15) is 9.59 Å². The Labute approximate surface area is 191 Å². The minimum atomic E-state index is -0.552. The number of nitrogens with one attached hydrogen (secondary N) is 3. The number of nitrogens with zero attached hydrogens (tertiary/aromatic N) is 3. The first-order chi connectivity index (χ1) is 16.1. The van der Waals surface area contributed by atoms with Gasteiger partial charge in [-0.15, -0.1) is 0 Å². The maximum Gasteiger partial charge on any atom is 0.294 e. The maximum atomic E-state index is 13.3. The number of pyridine rings is 1. The van der Waals surface area contributed by atoms with E-state index in [1.54, 1.807) is 23.2 Å². The highest BCUT2D eigenvalue weighted by Gasteiger charge is 2.36. The molecule has 1 amide bonds. The first kappa shape index (κ1) is 20.9. The smallest absolute Gasteiger partial charge is 0.294 e. The number of amides is 1. The fourth-order valence-corrected chi connectivity index (χ4v) is 4.53. The van der Waals surface area contributed by atoms with Crippen LogP contribution in [0.1, 0.15) is 48.7 Å². The predicted octanol–water partition coefficient (Wildman–Crippen LogP) is 3.49. The van der Waals surface area contributed by atoms with Gasteiger partial charge < -0.3 is 15.6 Å². The number of aromatic amines is 1. The quantitative estimate of drug-likeness (QED) is 0.406. The topological polar surface area (TPSA) is 105 Å². The minimum absolute atomic E-state index is 0.128. The Morgan fingerprint density at radius 1 is 1.18 bits per heavy atom. The van der Waals surface area contributed by atoms with Crippen LogP contribution in [-0.4, -0.2) is 25.4 Å². The Morgan fingerprint density at radius 3 is 2.82 bits per heavy atom. The van der Waals surface area contributed by atoms with Crippen LogP contribution < -0.4 is 16.2 Å². The first-order valence-electron chi connectivity index (χ1n) is 11.2. The molecule has 4 aromatic rings. The highest BCUT2D eigenvalue weighted by atomic mass is 16.2. The van der Waals surface area contributed by atoms with Gasteiger partial charge in [-0.1, -0.05) is 37.3 Å². The minimum Gasteiger partial charge on any atom is -0.361 e. The molecule has 3 N–H and O–H groups in total. The number of aromatic nitrogens is 4. The number of carbonyl (C=O) groups excluding carboxylic acids is 1. The lowest BCUT2D eigenvalue weighted by atomic mass is 9.99. The van der Waals surface area contributed by atoms with Gasteiger partial charge in [0.05, 0.1) is 6.54 Å². The van der Waals surface area contributed by atoms with Gasteiger partial charge in [-0.05, 0) is 30.5 Å². The van der Waals surface area contributed by atoms with E-state index < -0.39 is 6.04 Å². The van der Waals surface area contributed by atoms with E-state index in [-0.39, 0.29) is 23.2 Å². The van der Waals surface area contributed by atoms with Crippen molar-refractivity contribution in [1.82, 2.24) is 24.8 Å². The van der Waals surface area contributed by atoms with E-state index >= 15 is 0 Å². The Bertz CT molecular complexity index is 1310. The van der Waals surface area contributed by atoms with E-state index in [0.717, 1.165) is 34.3 Å². The van der Waals surface area contributed by atoms with Crippen LogP contribution in [-0.2, 0) is 17.9 Å². The fraction of sp³-hybridized carbons (Fsp3) is 0.280. The normalized spacial score (nSPS) is 17.1. The molecule has 0 radical (unpaired) electrons. The number of rotatable bonds is 7. The molecule has 168 valence electrons. The molecule has 0 aliphatic carbocycles. The molecule has 2 atom stereocenters. The highest BCUT2D eigenvalue weighted by Crippen LogP contribution is 2.36. The summed E-state index contributed by atoms with van der Waals surface area (Å²) in [5, 5.41) is 7.13. The SMILES string of the molecule is CCC1CC(C(=O)NCc2cc3cnccc3[nH]2)n2c1cnc(NCc1ccccc1)c2=O. The van der Waals surface area contributed by atoms with Crippen molar-refractivity contribution < 1.29 is 4.79 Å². The van der Waals surface area contributed by atoms with Crippen molar-refractivity contribution in [3.63, 3.8) is 0 Å². The number of fused-ring (bicyclic) bond motifs is 2. The number of H-pyrrole nitrogens is 1. The Kier molecular flexibility index (Phi) is 5.64. The monoisotopic (exact) mass is 442 g/mol. The van der Waals surface area contributed by atoms with Crippen LogP contribution >= 0.6 is 0 Å². The van der Waals surface area contributed by atoms with E-state index in [1.165, 1.54) is 0 Å². The van der Waals surface area contributed by atoms with Crippen LogP contribution in [0.2, 0.25) is 0 Å². The van der Waals surface area contributed by atoms with E-state index in [1.807, 2.05) is 42.5 Å². The van der Waals surface area contributed by atoms with Gasteiger partial charge in [0.2, 0.25) is 5.91 Å². The second-order valence-corrected chi connectivity index (χ2v) is 8.38. The second kappa shape index (κ2) is 8.90. The van der Waals surface area contributed by atoms with Crippen molar-refractivity contribution >= 4 is 22.6 Å². The number of carbonyl (C=O) groups is 1. The summed E-state index contributed by atoms with van der Waals surface area (Å²) in [6.45, 7) is 2.92. The van der Waals surface area contributed by atoms with E-state index in [4.69, 9.17) is 0 Å². The van der Waals surface area contributed by atoms with Crippen LogP contribution in [0.4, 0.5) is 5.82 Å². The third-order valence-electron chi connectivity index (χ3n) is 6.29. The van der Waals surface area contributed by atoms with Crippen molar-refractivity contribution in [3.8, 4) is 0 Å². The van der Waals surface area contributed by atoms with Gasteiger partial charge in [0.15, 0.2) is 5.82 Å². The third-order valence-corrected chi connectivity index (χ3v) is 6.29. The molecule has 8 heteroatoms. The van der Waals surface area contributed by atoms with Gasteiger partial charge in [-0.25, -0.2) is 4.98 Å². The first-order valence-corrected chi connectivity index (χ1v) is 11.2. The molecule has 5 rings (SSSR count). The second-order valence-electron chi connectivity index (χ2n) is 8.38. The van der Waals surface area contributed by atoms with Crippen LogP contribution in [0, 0.1) is 0 Å². The number of anilines is 1. The summed E-state index contributed by atoms with van der Waals surface area (Å²) in [6.07, 6.45) is 6.69. The number of benzene rings is 1. The zero-order chi connectivity index (χ0) is 22.8. The molecular formula is C25H26N6O2. The van der Waals surface area contributed by atoms with Gasteiger partial charge in [0, 0.05) is 53.3 Å². The van der Waals surface area contributed by atoms with Gasteiger partial charge in [-0.3, -0.25) is 19.1 Å². The molecule has 0 bridgehead atoms. The number of hydrogen-bond acceptors (Lipinski definition) is 5. The van der Waals surface area contributed by atoms with Gasteiger partial charge in [0.25, 0.3) is 5.56 Å². The van der Waals surface area contributed by atoms with Crippen molar-refractivity contribution in [2.75, 3.05) is 5.32 Å². The Balaban J connectivity index is 1.35. The molecule has 4 heterocycles. The maximum absolute atomic E-state index is 13.3. The molecule has 33 heavy (non-hydrogen) atoms. The van der Waals surface area contributed by atoms with Crippen LogP contribution in [0.25, 0.3) is 10.9 Å². The third kappa shape index (κ3) is 4.11. The molecule has 0 fully saturated rings. The van der Waals surface area contributed by atoms with Crippen molar-refractivity contribution in [1.29, 1.82) is 0 Å². The summed E-state index contributed by atoms with van der Waals surface area (Å²) in [5.41, 5.74) is 3.49. The molecule has 2 unspecified atom stereocenters. The summed E-state index contributed by atoms with van der Waals surface area (Å²) in [6, 6.07) is 13.2. The molecular weight excluding hydrogens is 416 g/mol. The molecule has 1 aliphatic rings. The zero-order valence-electron chi connectivity index (χ0n) is 18.4. The average molecular weight is 443 g/mol. The summed E-state index contributed by atoms with van der Waals surface area (Å²) in [5.74, 6) is 0.231. The summed E-state index contributed by atoms with van der Waals surface area (Å²) < 4.78 is 1.62. The van der Waals surface area contributed by atoms with Crippen molar-refractivity contribution in [2.45, 2.75) is 44.8 Å². The van der Waals surface area contributed by atoms with Crippen LogP contribution in [0.3, 0.4) is 0 Å². The van der Waals surface area contributed by atoms with Crippen molar-refractivity contribution in [3.05, 3.63) is 88.4 Å². The van der Waals surface area contributed by atoms with E-state index in [2.05, 4.69) is 32.5 Å². The van der Waals surface area contributed by atoms with Crippen LogP contribution in [0.15, 0.2) is 65.8 Å². The largest absolute Gasteiger partial charge is 0.361 e.